The summed E-state index contributed by atoms with van der Waals surface area (Å²) < 4.78 is 27.2. The third-order valence-corrected chi connectivity index (χ3v) is 4.79. The molecule has 117 valence electrons. The molecule has 1 saturated heterocycles. The summed E-state index contributed by atoms with van der Waals surface area (Å²) in [5.41, 5.74) is 0.677. The minimum atomic E-state index is -2.59. The average Bonchev–Trinajstić information content (AvgIpc) is 2.97. The van der Waals surface area contributed by atoms with Crippen LogP contribution in [0.5, 0.6) is 0 Å². The molecular weight excluding hydrogens is 308 g/mol. The number of alkyl halides is 2. The van der Waals surface area contributed by atoms with E-state index in [-0.39, 0.29) is 11.5 Å². The number of fused-ring (bicyclic) bond motifs is 1. The lowest BCUT2D eigenvalue weighted by atomic mass is 10.1. The fraction of sp³-hybridized carbons (Fsp3) is 0.400. The summed E-state index contributed by atoms with van der Waals surface area (Å²) in [5.74, 6) is 0.225. The Labute approximate surface area is 131 Å². The standard InChI is InChI=1S/C15H16F2N3OS/c1-18-15(21)10-8-22-13-9(14(16)17)7-11(19-12(10)13)20-5-3-2-4-6-20/h2,7-8,14H,3-6H2,1H3,(H,18,21). The number of pyridine rings is 1. The van der Waals surface area contributed by atoms with Gasteiger partial charge in [0, 0.05) is 31.1 Å². The molecule has 1 aliphatic heterocycles. The van der Waals surface area contributed by atoms with Crippen molar-refractivity contribution < 1.29 is 13.6 Å². The Bertz CT molecular complexity index is 695. The van der Waals surface area contributed by atoms with E-state index in [9.17, 15) is 13.6 Å². The number of hydrogen-bond acceptors (Lipinski definition) is 4. The molecule has 1 radical (unpaired) electrons. The monoisotopic (exact) mass is 324 g/mol. The zero-order valence-corrected chi connectivity index (χ0v) is 12.9. The normalized spacial score (nSPS) is 15.5. The average molecular weight is 324 g/mol. The quantitative estimate of drug-likeness (QED) is 0.941. The predicted octanol–water partition coefficient (Wildman–Crippen LogP) is 3.40. The van der Waals surface area contributed by atoms with Crippen LogP contribution in [0.4, 0.5) is 14.6 Å². The highest BCUT2D eigenvalue weighted by atomic mass is 32.1. The second kappa shape index (κ2) is 6.16. The Morgan fingerprint density at radius 1 is 1.41 bits per heavy atom. The maximum absolute atomic E-state index is 13.4. The third-order valence-electron chi connectivity index (χ3n) is 3.78. The molecule has 2 aromatic rings. The summed E-state index contributed by atoms with van der Waals surface area (Å²) in [6.07, 6.45) is 1.42. The number of aromatic nitrogens is 1. The second-order valence-electron chi connectivity index (χ2n) is 5.13. The number of piperidine rings is 1. The smallest absolute Gasteiger partial charge is 0.265 e. The number of carbonyl (C=O) groups is 1. The van der Waals surface area contributed by atoms with E-state index in [4.69, 9.17) is 0 Å². The number of rotatable bonds is 3. The van der Waals surface area contributed by atoms with Gasteiger partial charge in [-0.05, 0) is 25.3 Å². The van der Waals surface area contributed by atoms with E-state index in [1.807, 2.05) is 4.90 Å². The molecule has 3 heterocycles. The number of hydrogen-bond donors (Lipinski definition) is 1. The number of anilines is 1. The summed E-state index contributed by atoms with van der Waals surface area (Å²) in [5, 5.41) is 4.12. The topological polar surface area (TPSA) is 45.2 Å². The van der Waals surface area contributed by atoms with Crippen LogP contribution in [0, 0.1) is 6.42 Å². The Hall–Kier alpha value is -1.76. The molecule has 7 heteroatoms. The van der Waals surface area contributed by atoms with Crippen LogP contribution in [-0.2, 0) is 0 Å². The Morgan fingerprint density at radius 3 is 2.77 bits per heavy atom. The molecule has 0 unspecified atom stereocenters. The predicted molar refractivity (Wildman–Crippen MR) is 83.7 cm³/mol. The number of halogens is 2. The number of thiophene rings is 1. The van der Waals surface area contributed by atoms with Gasteiger partial charge in [0.1, 0.15) is 5.82 Å². The molecule has 22 heavy (non-hydrogen) atoms. The molecule has 1 amide bonds. The van der Waals surface area contributed by atoms with Crippen LogP contribution in [0.1, 0.15) is 35.2 Å². The lowest BCUT2D eigenvalue weighted by Gasteiger charge is -2.28. The van der Waals surface area contributed by atoms with Crippen molar-refractivity contribution in [3.63, 3.8) is 0 Å². The minimum absolute atomic E-state index is 0.0466. The first-order valence-electron chi connectivity index (χ1n) is 7.10. The molecule has 2 aromatic heterocycles. The molecule has 0 aliphatic carbocycles. The summed E-state index contributed by atoms with van der Waals surface area (Å²) in [6.45, 7) is 1.53. The van der Waals surface area contributed by atoms with Gasteiger partial charge in [0.2, 0.25) is 0 Å². The number of nitrogens with one attached hydrogen (secondary N) is 1. The van der Waals surface area contributed by atoms with E-state index in [1.165, 1.54) is 13.1 Å². The van der Waals surface area contributed by atoms with E-state index in [0.29, 0.717) is 21.6 Å². The highest BCUT2D eigenvalue weighted by molar-refractivity contribution is 7.17. The first kappa shape index (κ1) is 15.1. The van der Waals surface area contributed by atoms with Crippen LogP contribution in [0.15, 0.2) is 11.4 Å². The van der Waals surface area contributed by atoms with Crippen molar-refractivity contribution >= 4 is 33.3 Å². The van der Waals surface area contributed by atoms with E-state index in [2.05, 4.69) is 16.7 Å². The van der Waals surface area contributed by atoms with Crippen LogP contribution in [-0.4, -0.2) is 31.0 Å². The highest BCUT2D eigenvalue weighted by Crippen LogP contribution is 2.36. The van der Waals surface area contributed by atoms with Gasteiger partial charge in [-0.3, -0.25) is 4.79 Å². The molecular formula is C15H16F2N3OS. The van der Waals surface area contributed by atoms with E-state index >= 15 is 0 Å². The van der Waals surface area contributed by atoms with Crippen molar-refractivity contribution in [1.29, 1.82) is 0 Å². The second-order valence-corrected chi connectivity index (χ2v) is 6.01. The van der Waals surface area contributed by atoms with E-state index in [1.54, 1.807) is 5.38 Å². The van der Waals surface area contributed by atoms with Crippen molar-refractivity contribution in [2.45, 2.75) is 19.3 Å². The van der Waals surface area contributed by atoms with Gasteiger partial charge in [0.05, 0.1) is 15.8 Å². The Balaban J connectivity index is 2.14. The van der Waals surface area contributed by atoms with Gasteiger partial charge < -0.3 is 10.2 Å². The van der Waals surface area contributed by atoms with Crippen LogP contribution < -0.4 is 10.2 Å². The Kier molecular flexibility index (Phi) is 4.24. The fourth-order valence-electron chi connectivity index (χ4n) is 2.62. The van der Waals surface area contributed by atoms with Gasteiger partial charge in [0.25, 0.3) is 12.3 Å². The van der Waals surface area contributed by atoms with Gasteiger partial charge in [-0.15, -0.1) is 11.3 Å². The highest BCUT2D eigenvalue weighted by Gasteiger charge is 2.23. The van der Waals surface area contributed by atoms with E-state index < -0.39 is 6.43 Å². The summed E-state index contributed by atoms with van der Waals surface area (Å²) in [4.78, 5) is 18.4. The van der Waals surface area contributed by atoms with Crippen molar-refractivity contribution in [2.24, 2.45) is 0 Å². The summed E-state index contributed by atoms with van der Waals surface area (Å²) in [7, 11) is 1.52. The first-order chi connectivity index (χ1) is 10.6. The molecule has 0 atom stereocenters. The zero-order valence-electron chi connectivity index (χ0n) is 12.1. The fourth-order valence-corrected chi connectivity index (χ4v) is 3.62. The minimum Gasteiger partial charge on any atom is -0.357 e. The van der Waals surface area contributed by atoms with Gasteiger partial charge in [0.15, 0.2) is 0 Å². The molecule has 4 nitrogen and oxygen atoms in total. The molecule has 0 saturated carbocycles. The van der Waals surface area contributed by atoms with Gasteiger partial charge in [-0.25, -0.2) is 13.8 Å². The van der Waals surface area contributed by atoms with Crippen molar-refractivity contribution in [3.05, 3.63) is 29.0 Å². The molecule has 0 bridgehead atoms. The maximum atomic E-state index is 13.4. The van der Waals surface area contributed by atoms with Crippen LogP contribution in [0.3, 0.4) is 0 Å². The summed E-state index contributed by atoms with van der Waals surface area (Å²) in [6, 6.07) is 1.46. The molecule has 3 rings (SSSR count). The molecule has 0 aromatic carbocycles. The summed E-state index contributed by atoms with van der Waals surface area (Å²) >= 11 is 1.14. The van der Waals surface area contributed by atoms with Crippen molar-refractivity contribution in [1.82, 2.24) is 10.3 Å². The molecule has 1 N–H and O–H groups in total. The lowest BCUT2D eigenvalue weighted by Crippen LogP contribution is -2.30. The van der Waals surface area contributed by atoms with Gasteiger partial charge in [-0.2, -0.15) is 0 Å². The third kappa shape index (κ3) is 2.65. The van der Waals surface area contributed by atoms with Crippen LogP contribution in [0.2, 0.25) is 0 Å². The first-order valence-corrected chi connectivity index (χ1v) is 7.98. The Morgan fingerprint density at radius 2 is 2.14 bits per heavy atom. The maximum Gasteiger partial charge on any atom is 0.265 e. The zero-order chi connectivity index (χ0) is 15.7. The SMILES string of the molecule is CNC(=O)c1csc2c(C(F)F)cc(N3CC[CH]CC3)nc12. The largest absolute Gasteiger partial charge is 0.357 e. The number of nitrogens with zero attached hydrogens (tertiary/aromatic N) is 2. The van der Waals surface area contributed by atoms with Crippen LogP contribution >= 0.6 is 11.3 Å². The van der Waals surface area contributed by atoms with Gasteiger partial charge in [-0.1, -0.05) is 0 Å². The van der Waals surface area contributed by atoms with Crippen molar-refractivity contribution in [2.75, 3.05) is 25.0 Å². The molecule has 0 spiro atoms. The molecule has 1 fully saturated rings. The van der Waals surface area contributed by atoms with Crippen molar-refractivity contribution in [3.8, 4) is 0 Å². The van der Waals surface area contributed by atoms with Gasteiger partial charge >= 0.3 is 0 Å². The molecule has 1 aliphatic rings. The van der Waals surface area contributed by atoms with Crippen LogP contribution in [0.25, 0.3) is 10.2 Å². The number of amides is 1. The lowest BCUT2D eigenvalue weighted by molar-refractivity contribution is 0.0965. The number of carbonyl (C=O) groups excluding carboxylic acids is 1. The van der Waals surface area contributed by atoms with E-state index in [0.717, 1.165) is 37.3 Å².